The van der Waals surface area contributed by atoms with E-state index in [-0.39, 0.29) is 5.91 Å². The first-order valence-electron chi connectivity index (χ1n) is 5.80. The molecule has 0 fully saturated rings. The summed E-state index contributed by atoms with van der Waals surface area (Å²) in [6, 6.07) is 0. The number of amides is 1. The number of hydrogen-bond acceptors (Lipinski definition) is 1. The minimum Gasteiger partial charge on any atom is -0.349 e. The molecule has 0 aliphatic heterocycles. The third-order valence-corrected chi connectivity index (χ3v) is 2.88. The molecule has 16 heavy (non-hydrogen) atoms. The van der Waals surface area contributed by atoms with E-state index < -0.39 is 0 Å². The number of nitrogens with zero attached hydrogens (tertiary/aromatic N) is 1. The molecule has 1 amide bonds. The molecule has 0 N–H and O–H groups in total. The van der Waals surface area contributed by atoms with Gasteiger partial charge in [0.25, 0.3) is 0 Å². The number of carbonyl (C=O) groups excluding carboxylic acids is 1. The van der Waals surface area contributed by atoms with Gasteiger partial charge in [0, 0.05) is 20.5 Å². The molecular formula is C14H25NO. The van der Waals surface area contributed by atoms with Crippen LogP contribution < -0.4 is 0 Å². The maximum atomic E-state index is 11.5. The Bertz CT molecular complexity index is 309. The van der Waals surface area contributed by atoms with Gasteiger partial charge >= 0.3 is 0 Å². The highest BCUT2D eigenvalue weighted by atomic mass is 16.2. The van der Waals surface area contributed by atoms with Crippen LogP contribution in [-0.4, -0.2) is 24.9 Å². The Morgan fingerprint density at radius 3 is 2.06 bits per heavy atom. The normalized spacial score (nSPS) is 13.9. The molecule has 0 heterocycles. The van der Waals surface area contributed by atoms with E-state index in [4.69, 9.17) is 0 Å². The van der Waals surface area contributed by atoms with E-state index in [1.54, 1.807) is 19.0 Å². The summed E-state index contributed by atoms with van der Waals surface area (Å²) in [4.78, 5) is 13.1. The molecule has 2 heteroatoms. The summed E-state index contributed by atoms with van der Waals surface area (Å²) in [5.74, 6) is 0.720. The Hall–Kier alpha value is -1.05. The molecule has 0 aromatic rings. The SMILES string of the molecule is CC(=CC(C)=C(C)C(C)C)CC(=O)N(C)C. The third-order valence-electron chi connectivity index (χ3n) is 2.88. The van der Waals surface area contributed by atoms with Crippen LogP contribution in [0, 0.1) is 5.92 Å². The quantitative estimate of drug-likeness (QED) is 0.669. The van der Waals surface area contributed by atoms with Gasteiger partial charge in [-0.15, -0.1) is 0 Å². The molecular weight excluding hydrogens is 198 g/mol. The van der Waals surface area contributed by atoms with Gasteiger partial charge in [-0.1, -0.05) is 36.6 Å². The summed E-state index contributed by atoms with van der Waals surface area (Å²) in [5.41, 5.74) is 3.78. The van der Waals surface area contributed by atoms with Crippen LogP contribution in [0.1, 0.15) is 41.0 Å². The molecule has 0 aliphatic carbocycles. The van der Waals surface area contributed by atoms with Crippen LogP contribution in [0.5, 0.6) is 0 Å². The molecule has 92 valence electrons. The monoisotopic (exact) mass is 223 g/mol. The van der Waals surface area contributed by atoms with Gasteiger partial charge in [0.15, 0.2) is 0 Å². The van der Waals surface area contributed by atoms with Gasteiger partial charge in [0.2, 0.25) is 5.91 Å². The van der Waals surface area contributed by atoms with Gasteiger partial charge in [-0.2, -0.15) is 0 Å². The van der Waals surface area contributed by atoms with Gasteiger partial charge in [-0.3, -0.25) is 4.79 Å². The molecule has 0 unspecified atom stereocenters. The highest BCUT2D eigenvalue weighted by Crippen LogP contribution is 2.17. The van der Waals surface area contributed by atoms with Gasteiger partial charge in [0.1, 0.15) is 0 Å². The molecule has 0 radical (unpaired) electrons. The van der Waals surface area contributed by atoms with E-state index in [0.717, 1.165) is 5.57 Å². The first-order chi connectivity index (χ1) is 7.25. The molecule has 0 bridgehead atoms. The molecule has 0 aliphatic rings. The largest absolute Gasteiger partial charge is 0.349 e. The summed E-state index contributed by atoms with van der Waals surface area (Å²) in [5, 5.41) is 0. The number of rotatable bonds is 4. The van der Waals surface area contributed by atoms with E-state index in [2.05, 4.69) is 33.8 Å². The van der Waals surface area contributed by atoms with Crippen molar-refractivity contribution in [3.05, 3.63) is 22.8 Å². The average Bonchev–Trinajstić information content (AvgIpc) is 2.15. The van der Waals surface area contributed by atoms with Crippen LogP contribution in [0.2, 0.25) is 0 Å². The Labute approximate surface area is 100 Å². The minimum absolute atomic E-state index is 0.156. The smallest absolute Gasteiger partial charge is 0.226 e. The number of carbonyl (C=O) groups is 1. The van der Waals surface area contributed by atoms with Crippen molar-refractivity contribution >= 4 is 5.91 Å². The van der Waals surface area contributed by atoms with Crippen molar-refractivity contribution in [3.63, 3.8) is 0 Å². The molecule has 0 saturated carbocycles. The average molecular weight is 223 g/mol. The highest BCUT2D eigenvalue weighted by molar-refractivity contribution is 5.78. The predicted octanol–water partition coefficient (Wildman–Crippen LogP) is 3.40. The molecule has 0 saturated heterocycles. The third kappa shape index (κ3) is 5.15. The zero-order valence-corrected chi connectivity index (χ0v) is 11.7. The molecule has 2 nitrogen and oxygen atoms in total. The van der Waals surface area contributed by atoms with E-state index in [1.165, 1.54) is 11.1 Å². The van der Waals surface area contributed by atoms with Crippen LogP contribution in [0.15, 0.2) is 22.8 Å². The van der Waals surface area contributed by atoms with E-state index >= 15 is 0 Å². The first kappa shape index (κ1) is 14.9. The molecule has 0 aromatic carbocycles. The van der Waals surface area contributed by atoms with E-state index in [0.29, 0.717) is 12.3 Å². The summed E-state index contributed by atoms with van der Waals surface area (Å²) in [6.45, 7) is 10.6. The highest BCUT2D eigenvalue weighted by Gasteiger charge is 2.05. The summed E-state index contributed by atoms with van der Waals surface area (Å²) in [7, 11) is 3.58. The standard InChI is InChI=1S/C14H25NO/c1-10(2)13(5)12(4)8-11(3)9-14(16)15(6)7/h8,10H,9H2,1-7H3. The maximum Gasteiger partial charge on any atom is 0.226 e. The lowest BCUT2D eigenvalue weighted by Gasteiger charge is -2.12. The lowest BCUT2D eigenvalue weighted by Crippen LogP contribution is -2.21. The van der Waals surface area contributed by atoms with Crippen LogP contribution in [0.3, 0.4) is 0 Å². The molecule has 0 spiro atoms. The van der Waals surface area contributed by atoms with Gasteiger partial charge in [-0.05, 0) is 26.7 Å². The second kappa shape index (κ2) is 6.51. The van der Waals surface area contributed by atoms with Crippen LogP contribution >= 0.6 is 0 Å². The van der Waals surface area contributed by atoms with Crippen molar-refractivity contribution < 1.29 is 4.79 Å². The Morgan fingerprint density at radius 1 is 1.19 bits per heavy atom. The van der Waals surface area contributed by atoms with Crippen LogP contribution in [-0.2, 0) is 4.79 Å². The van der Waals surface area contributed by atoms with Crippen molar-refractivity contribution in [1.82, 2.24) is 4.90 Å². The fourth-order valence-corrected chi connectivity index (χ4v) is 1.39. The van der Waals surface area contributed by atoms with Gasteiger partial charge in [-0.25, -0.2) is 0 Å². The van der Waals surface area contributed by atoms with Gasteiger partial charge in [0.05, 0.1) is 0 Å². The summed E-state index contributed by atoms with van der Waals surface area (Å²) >= 11 is 0. The maximum absolute atomic E-state index is 11.5. The predicted molar refractivity (Wildman–Crippen MR) is 70.3 cm³/mol. The van der Waals surface area contributed by atoms with Crippen molar-refractivity contribution in [2.75, 3.05) is 14.1 Å². The van der Waals surface area contributed by atoms with Crippen molar-refractivity contribution in [2.45, 2.75) is 41.0 Å². The molecule has 0 rings (SSSR count). The van der Waals surface area contributed by atoms with Gasteiger partial charge < -0.3 is 4.90 Å². The fourth-order valence-electron chi connectivity index (χ4n) is 1.39. The van der Waals surface area contributed by atoms with Crippen molar-refractivity contribution in [1.29, 1.82) is 0 Å². The second-order valence-electron chi connectivity index (χ2n) is 4.98. The zero-order chi connectivity index (χ0) is 12.9. The van der Waals surface area contributed by atoms with E-state index in [9.17, 15) is 4.79 Å². The van der Waals surface area contributed by atoms with Crippen LogP contribution in [0.4, 0.5) is 0 Å². The van der Waals surface area contributed by atoms with Crippen molar-refractivity contribution in [2.24, 2.45) is 5.92 Å². The fraction of sp³-hybridized carbons (Fsp3) is 0.643. The number of hydrogen-bond donors (Lipinski definition) is 0. The molecule has 0 atom stereocenters. The first-order valence-corrected chi connectivity index (χ1v) is 5.80. The Morgan fingerprint density at radius 2 is 1.69 bits per heavy atom. The Kier molecular flexibility index (Phi) is 6.09. The van der Waals surface area contributed by atoms with Crippen LogP contribution in [0.25, 0.3) is 0 Å². The summed E-state index contributed by atoms with van der Waals surface area (Å²) in [6.07, 6.45) is 2.63. The Balaban J connectivity index is 4.67. The minimum atomic E-state index is 0.156. The second-order valence-corrected chi connectivity index (χ2v) is 4.98. The summed E-state index contributed by atoms with van der Waals surface area (Å²) < 4.78 is 0. The molecule has 0 aromatic heterocycles. The van der Waals surface area contributed by atoms with E-state index in [1.807, 2.05) is 6.92 Å². The topological polar surface area (TPSA) is 20.3 Å². The lowest BCUT2D eigenvalue weighted by molar-refractivity contribution is -0.127. The zero-order valence-electron chi connectivity index (χ0n) is 11.7. The van der Waals surface area contributed by atoms with Crippen molar-refractivity contribution in [3.8, 4) is 0 Å². The number of allylic oxidation sites excluding steroid dienone is 3. The lowest BCUT2D eigenvalue weighted by atomic mass is 9.98.